The van der Waals surface area contributed by atoms with Crippen molar-refractivity contribution >= 4 is 29.0 Å². The van der Waals surface area contributed by atoms with E-state index in [1.807, 2.05) is 13.0 Å². The number of hydrazine groups is 1. The second-order valence-corrected chi connectivity index (χ2v) is 5.80. The zero-order valence-electron chi connectivity index (χ0n) is 15.3. The van der Waals surface area contributed by atoms with Crippen LogP contribution in [0.3, 0.4) is 0 Å². The van der Waals surface area contributed by atoms with Gasteiger partial charge in [-0.05, 0) is 30.7 Å². The van der Waals surface area contributed by atoms with Crippen molar-refractivity contribution in [3.05, 3.63) is 70.7 Å². The Hall–Kier alpha value is -4.28. The lowest BCUT2D eigenvalue weighted by Gasteiger charge is -2.11. The van der Waals surface area contributed by atoms with Crippen LogP contribution >= 0.6 is 0 Å². The summed E-state index contributed by atoms with van der Waals surface area (Å²) in [6.45, 7) is 1.59. The smallest absolute Gasteiger partial charge is 0.355 e. The van der Waals surface area contributed by atoms with Gasteiger partial charge in [0.1, 0.15) is 17.9 Å². The first-order chi connectivity index (χ1) is 14.0. The molecule has 0 spiro atoms. The number of nitro groups is 1. The summed E-state index contributed by atoms with van der Waals surface area (Å²) in [7, 11) is 0. The van der Waals surface area contributed by atoms with Gasteiger partial charge in [-0.3, -0.25) is 25.8 Å². The average Bonchev–Trinajstić information content (AvgIpc) is 2.73. The predicted molar refractivity (Wildman–Crippen MR) is 105 cm³/mol. The van der Waals surface area contributed by atoms with Crippen LogP contribution in [0.2, 0.25) is 0 Å². The number of aromatic nitrogens is 3. The standard InChI is InChI=1S/C18H17N7O4/c1-12-7-8-14(19-9-12)22-17-16(25(27)28)18(21-11-20-17)24-23-15(26)10-29-13-5-3-2-4-6-13/h2-9,11H,10H2,1H3,(H,23,26)(H2,19,20,21,22,24). The molecule has 0 unspecified atom stereocenters. The number of ether oxygens (including phenoxy) is 1. The molecule has 0 saturated carbocycles. The Morgan fingerprint density at radius 2 is 1.86 bits per heavy atom. The molecule has 0 aliphatic carbocycles. The fraction of sp³-hybridized carbons (Fsp3) is 0.111. The summed E-state index contributed by atoms with van der Waals surface area (Å²) in [5.74, 6) is 0.0965. The average molecular weight is 395 g/mol. The Morgan fingerprint density at radius 1 is 1.10 bits per heavy atom. The van der Waals surface area contributed by atoms with Gasteiger partial charge in [-0.25, -0.2) is 15.0 Å². The van der Waals surface area contributed by atoms with Gasteiger partial charge in [0, 0.05) is 6.20 Å². The summed E-state index contributed by atoms with van der Waals surface area (Å²) in [4.78, 5) is 34.7. The minimum Gasteiger partial charge on any atom is -0.484 e. The normalized spacial score (nSPS) is 10.1. The zero-order valence-corrected chi connectivity index (χ0v) is 15.3. The van der Waals surface area contributed by atoms with Crippen LogP contribution in [-0.2, 0) is 4.79 Å². The van der Waals surface area contributed by atoms with Crippen LogP contribution in [0.4, 0.5) is 23.1 Å². The molecule has 11 heteroatoms. The Kier molecular flexibility index (Phi) is 6.10. The van der Waals surface area contributed by atoms with Crippen molar-refractivity contribution < 1.29 is 14.5 Å². The number of carbonyl (C=O) groups excluding carboxylic acids is 1. The van der Waals surface area contributed by atoms with Crippen LogP contribution < -0.4 is 20.9 Å². The molecule has 0 fully saturated rings. The molecule has 0 bridgehead atoms. The largest absolute Gasteiger partial charge is 0.484 e. The molecule has 2 aromatic heterocycles. The van der Waals surface area contributed by atoms with Crippen molar-refractivity contribution in [3.8, 4) is 5.75 Å². The Morgan fingerprint density at radius 3 is 2.55 bits per heavy atom. The lowest BCUT2D eigenvalue weighted by atomic mass is 10.3. The number of carbonyl (C=O) groups is 1. The first-order valence-corrected chi connectivity index (χ1v) is 8.44. The van der Waals surface area contributed by atoms with Gasteiger partial charge < -0.3 is 10.1 Å². The van der Waals surface area contributed by atoms with E-state index < -0.39 is 16.5 Å². The van der Waals surface area contributed by atoms with E-state index in [1.165, 1.54) is 0 Å². The Bertz CT molecular complexity index is 997. The van der Waals surface area contributed by atoms with Gasteiger partial charge in [0.2, 0.25) is 11.6 Å². The predicted octanol–water partition coefficient (Wildman–Crippen LogP) is 2.35. The van der Waals surface area contributed by atoms with Crippen LogP contribution in [0.25, 0.3) is 0 Å². The maximum absolute atomic E-state index is 11.9. The second-order valence-electron chi connectivity index (χ2n) is 5.80. The van der Waals surface area contributed by atoms with Crippen LogP contribution in [-0.4, -0.2) is 32.4 Å². The second kappa shape index (κ2) is 9.08. The molecular weight excluding hydrogens is 378 g/mol. The molecule has 29 heavy (non-hydrogen) atoms. The van der Waals surface area contributed by atoms with Crippen molar-refractivity contribution in [3.63, 3.8) is 0 Å². The van der Waals surface area contributed by atoms with Crippen LogP contribution in [0.5, 0.6) is 5.75 Å². The van der Waals surface area contributed by atoms with Gasteiger partial charge in [-0.2, -0.15) is 0 Å². The zero-order chi connectivity index (χ0) is 20.6. The molecule has 3 aromatic rings. The summed E-state index contributed by atoms with van der Waals surface area (Å²) in [6.07, 6.45) is 2.74. The topological polar surface area (TPSA) is 144 Å². The van der Waals surface area contributed by atoms with Crippen LogP contribution in [0, 0.1) is 17.0 Å². The molecule has 1 aromatic carbocycles. The number of amides is 1. The van der Waals surface area contributed by atoms with Crippen molar-refractivity contribution in [2.75, 3.05) is 17.3 Å². The monoisotopic (exact) mass is 395 g/mol. The highest BCUT2D eigenvalue weighted by Crippen LogP contribution is 2.30. The third kappa shape index (κ3) is 5.35. The van der Waals surface area contributed by atoms with Gasteiger partial charge in [0.25, 0.3) is 5.91 Å². The van der Waals surface area contributed by atoms with E-state index in [-0.39, 0.29) is 18.2 Å². The van der Waals surface area contributed by atoms with Gasteiger partial charge in [0.15, 0.2) is 6.61 Å². The molecule has 0 radical (unpaired) electrons. The molecule has 148 valence electrons. The molecule has 3 N–H and O–H groups in total. The third-order valence-electron chi connectivity index (χ3n) is 3.60. The van der Waals surface area contributed by atoms with E-state index in [9.17, 15) is 14.9 Å². The van der Waals surface area contributed by atoms with Gasteiger partial charge in [0.05, 0.1) is 4.92 Å². The Balaban J connectivity index is 1.67. The SMILES string of the molecule is Cc1ccc(Nc2ncnc(NNC(=O)COc3ccccc3)c2[N+](=O)[O-])nc1. The molecule has 0 atom stereocenters. The van der Waals surface area contributed by atoms with Crippen LogP contribution in [0.1, 0.15) is 5.56 Å². The first kappa shape index (κ1) is 19.5. The summed E-state index contributed by atoms with van der Waals surface area (Å²) >= 11 is 0. The van der Waals surface area contributed by atoms with E-state index in [2.05, 4.69) is 31.1 Å². The number of para-hydroxylation sites is 1. The molecule has 3 rings (SSSR count). The first-order valence-electron chi connectivity index (χ1n) is 8.44. The van der Waals surface area contributed by atoms with Crippen LogP contribution in [0.15, 0.2) is 55.0 Å². The fourth-order valence-electron chi connectivity index (χ4n) is 2.23. The molecule has 1 amide bonds. The maximum Gasteiger partial charge on any atom is 0.355 e. The number of aryl methyl sites for hydroxylation is 1. The molecule has 0 aliphatic rings. The molecule has 0 saturated heterocycles. The Labute approximate surface area is 165 Å². The number of nitrogens with zero attached hydrogens (tertiary/aromatic N) is 4. The summed E-state index contributed by atoms with van der Waals surface area (Å²) in [5, 5.41) is 14.3. The number of benzene rings is 1. The van der Waals surface area contributed by atoms with Gasteiger partial charge in [-0.1, -0.05) is 24.3 Å². The highest BCUT2D eigenvalue weighted by atomic mass is 16.6. The van der Waals surface area contributed by atoms with Gasteiger partial charge >= 0.3 is 5.69 Å². The van der Waals surface area contributed by atoms with E-state index in [4.69, 9.17) is 4.74 Å². The number of pyridine rings is 1. The van der Waals surface area contributed by atoms with E-state index >= 15 is 0 Å². The quantitative estimate of drug-likeness (QED) is 0.386. The van der Waals surface area contributed by atoms with E-state index in [0.717, 1.165) is 11.9 Å². The highest BCUT2D eigenvalue weighted by molar-refractivity contribution is 5.80. The van der Waals surface area contributed by atoms with E-state index in [1.54, 1.807) is 42.6 Å². The van der Waals surface area contributed by atoms with Crippen molar-refractivity contribution in [1.82, 2.24) is 20.4 Å². The van der Waals surface area contributed by atoms with Gasteiger partial charge in [-0.15, -0.1) is 0 Å². The lowest BCUT2D eigenvalue weighted by Crippen LogP contribution is -2.34. The van der Waals surface area contributed by atoms with Crippen molar-refractivity contribution in [2.24, 2.45) is 0 Å². The lowest BCUT2D eigenvalue weighted by molar-refractivity contribution is -0.383. The molecular formula is C18H17N7O4. The van der Waals surface area contributed by atoms with Crippen molar-refractivity contribution in [2.45, 2.75) is 6.92 Å². The molecule has 11 nitrogen and oxygen atoms in total. The van der Waals surface area contributed by atoms with Crippen molar-refractivity contribution in [1.29, 1.82) is 0 Å². The number of anilines is 3. The number of nitrogens with one attached hydrogen (secondary N) is 3. The summed E-state index contributed by atoms with van der Waals surface area (Å²) in [5.41, 5.74) is 5.24. The molecule has 0 aliphatic heterocycles. The third-order valence-corrected chi connectivity index (χ3v) is 3.60. The minimum atomic E-state index is -0.661. The summed E-state index contributed by atoms with van der Waals surface area (Å²) in [6, 6.07) is 12.2. The highest BCUT2D eigenvalue weighted by Gasteiger charge is 2.24. The fourth-order valence-corrected chi connectivity index (χ4v) is 2.23. The minimum absolute atomic E-state index is 0.0707. The summed E-state index contributed by atoms with van der Waals surface area (Å²) < 4.78 is 5.31. The number of hydrogen-bond acceptors (Lipinski definition) is 9. The number of hydrogen-bond donors (Lipinski definition) is 3. The maximum atomic E-state index is 11.9. The molecule has 2 heterocycles. The number of rotatable bonds is 8. The van der Waals surface area contributed by atoms with E-state index in [0.29, 0.717) is 11.6 Å².